The molecule has 0 aliphatic heterocycles. The highest BCUT2D eigenvalue weighted by molar-refractivity contribution is 5.65. The summed E-state index contributed by atoms with van der Waals surface area (Å²) >= 11 is 0. The zero-order valence-electron chi connectivity index (χ0n) is 11.1. The Morgan fingerprint density at radius 1 is 1.39 bits per heavy atom. The molecule has 1 aromatic rings. The highest BCUT2D eigenvalue weighted by Crippen LogP contribution is 2.28. The number of aliphatic hydroxyl groups is 1. The van der Waals surface area contributed by atoms with Crippen molar-refractivity contribution in [3.05, 3.63) is 33.9 Å². The van der Waals surface area contributed by atoms with Crippen LogP contribution in [-0.4, -0.2) is 22.2 Å². The molecule has 0 saturated carbocycles. The molecule has 0 aromatic heterocycles. The van der Waals surface area contributed by atoms with E-state index in [1.807, 2.05) is 13.8 Å². The van der Waals surface area contributed by atoms with Gasteiger partial charge in [0.05, 0.1) is 10.5 Å². The van der Waals surface area contributed by atoms with E-state index in [0.29, 0.717) is 30.6 Å². The lowest BCUT2D eigenvalue weighted by atomic mass is 9.97. The van der Waals surface area contributed by atoms with Gasteiger partial charge in [0, 0.05) is 12.1 Å². The van der Waals surface area contributed by atoms with E-state index in [-0.39, 0.29) is 5.69 Å². The highest BCUT2D eigenvalue weighted by Gasteiger charge is 2.24. The number of para-hydroxylation sites is 1. The fraction of sp³-hybridized carbons (Fsp3) is 0.538. The van der Waals surface area contributed by atoms with Gasteiger partial charge < -0.3 is 10.4 Å². The molecule has 2 N–H and O–H groups in total. The molecule has 18 heavy (non-hydrogen) atoms. The molecule has 1 aromatic carbocycles. The topological polar surface area (TPSA) is 75.4 Å². The number of nitrogens with one attached hydrogen (secondary N) is 1. The van der Waals surface area contributed by atoms with E-state index in [1.165, 1.54) is 0 Å². The van der Waals surface area contributed by atoms with Crippen LogP contribution in [0.4, 0.5) is 11.4 Å². The predicted octanol–water partition coefficient (Wildman–Crippen LogP) is 2.87. The summed E-state index contributed by atoms with van der Waals surface area (Å²) in [5.74, 6) is 0. The summed E-state index contributed by atoms with van der Waals surface area (Å²) in [6.07, 6.45) is 1.21. The lowest BCUT2D eigenvalue weighted by Gasteiger charge is -2.25. The van der Waals surface area contributed by atoms with Crippen LogP contribution in [0.1, 0.15) is 32.3 Å². The first kappa shape index (κ1) is 14.4. The Morgan fingerprint density at radius 3 is 2.50 bits per heavy atom. The van der Waals surface area contributed by atoms with E-state index in [0.717, 1.165) is 0 Å². The Morgan fingerprint density at radius 2 is 2.00 bits per heavy atom. The van der Waals surface area contributed by atoms with Crippen molar-refractivity contribution >= 4 is 11.4 Å². The second kappa shape index (κ2) is 5.82. The van der Waals surface area contributed by atoms with Crippen LogP contribution < -0.4 is 5.32 Å². The Balaban J connectivity index is 2.92. The minimum atomic E-state index is -0.822. The molecule has 0 aliphatic rings. The quantitative estimate of drug-likeness (QED) is 0.603. The molecule has 0 bridgehead atoms. The number of rotatable bonds is 6. The number of hydrogen-bond donors (Lipinski definition) is 2. The molecule has 0 unspecified atom stereocenters. The van der Waals surface area contributed by atoms with Gasteiger partial charge in [0.25, 0.3) is 5.69 Å². The average molecular weight is 252 g/mol. The van der Waals surface area contributed by atoms with Crippen molar-refractivity contribution in [2.24, 2.45) is 0 Å². The smallest absolute Gasteiger partial charge is 0.295 e. The lowest BCUT2D eigenvalue weighted by molar-refractivity contribution is -0.384. The summed E-state index contributed by atoms with van der Waals surface area (Å²) in [6, 6.07) is 5.13. The van der Waals surface area contributed by atoms with E-state index in [9.17, 15) is 15.2 Å². The van der Waals surface area contributed by atoms with Crippen LogP contribution in [0.3, 0.4) is 0 Å². The molecular formula is C13H20N2O3. The minimum Gasteiger partial charge on any atom is -0.388 e. The second-order valence-corrected chi connectivity index (χ2v) is 4.51. The molecule has 5 nitrogen and oxygen atoms in total. The molecule has 0 radical (unpaired) electrons. The summed E-state index contributed by atoms with van der Waals surface area (Å²) in [5.41, 5.74) is 0.325. The van der Waals surface area contributed by atoms with E-state index < -0.39 is 10.5 Å². The van der Waals surface area contributed by atoms with Crippen LogP contribution >= 0.6 is 0 Å². The van der Waals surface area contributed by atoms with Gasteiger partial charge in [0.15, 0.2) is 0 Å². The molecule has 0 amide bonds. The van der Waals surface area contributed by atoms with Crippen LogP contribution in [0.25, 0.3) is 0 Å². The Labute approximate surface area is 107 Å². The molecule has 100 valence electrons. The number of nitrogens with zero attached hydrogens (tertiary/aromatic N) is 1. The zero-order chi connectivity index (χ0) is 13.8. The summed E-state index contributed by atoms with van der Waals surface area (Å²) in [5, 5.41) is 24.2. The maximum Gasteiger partial charge on any atom is 0.295 e. The van der Waals surface area contributed by atoms with E-state index >= 15 is 0 Å². The first-order valence-corrected chi connectivity index (χ1v) is 6.13. The third-order valence-corrected chi connectivity index (χ3v) is 3.34. The van der Waals surface area contributed by atoms with E-state index in [2.05, 4.69) is 5.32 Å². The number of nitro benzene ring substituents is 1. The number of benzene rings is 1. The van der Waals surface area contributed by atoms with Gasteiger partial charge in [-0.15, -0.1) is 0 Å². The molecule has 0 aliphatic carbocycles. The predicted molar refractivity (Wildman–Crippen MR) is 71.9 cm³/mol. The number of nitro groups is 1. The fourth-order valence-corrected chi connectivity index (χ4v) is 1.80. The third kappa shape index (κ3) is 3.20. The molecule has 0 saturated heterocycles. The van der Waals surface area contributed by atoms with Gasteiger partial charge in [-0.05, 0) is 25.8 Å². The maximum absolute atomic E-state index is 11.0. The Bertz CT molecular complexity index is 428. The fourth-order valence-electron chi connectivity index (χ4n) is 1.80. The molecular weight excluding hydrogens is 232 g/mol. The number of anilines is 1. The molecule has 0 heterocycles. The number of hydrogen-bond acceptors (Lipinski definition) is 4. The van der Waals surface area contributed by atoms with Gasteiger partial charge in [0.2, 0.25) is 0 Å². The zero-order valence-corrected chi connectivity index (χ0v) is 11.1. The van der Waals surface area contributed by atoms with Crippen molar-refractivity contribution in [3.63, 3.8) is 0 Å². The summed E-state index contributed by atoms with van der Waals surface area (Å²) < 4.78 is 0. The SMILES string of the molecule is CCC(O)(CC)CNc1cccc(C)c1[N+](=O)[O-]. The third-order valence-electron chi connectivity index (χ3n) is 3.34. The van der Waals surface area contributed by atoms with Crippen molar-refractivity contribution < 1.29 is 10.0 Å². The van der Waals surface area contributed by atoms with Gasteiger partial charge >= 0.3 is 0 Å². The van der Waals surface area contributed by atoms with Crippen molar-refractivity contribution in [3.8, 4) is 0 Å². The highest BCUT2D eigenvalue weighted by atomic mass is 16.6. The summed E-state index contributed by atoms with van der Waals surface area (Å²) in [6.45, 7) is 5.81. The molecule has 0 atom stereocenters. The lowest BCUT2D eigenvalue weighted by Crippen LogP contribution is -2.35. The Kier molecular flexibility index (Phi) is 4.67. The monoisotopic (exact) mass is 252 g/mol. The minimum absolute atomic E-state index is 0.0760. The van der Waals surface area contributed by atoms with Crippen molar-refractivity contribution in [1.29, 1.82) is 0 Å². The first-order chi connectivity index (χ1) is 8.43. The van der Waals surface area contributed by atoms with Crippen molar-refractivity contribution in [2.75, 3.05) is 11.9 Å². The molecule has 1 rings (SSSR count). The van der Waals surface area contributed by atoms with Crippen molar-refractivity contribution in [1.82, 2.24) is 0 Å². The molecule has 5 heteroatoms. The van der Waals surface area contributed by atoms with Crippen LogP contribution in [0, 0.1) is 17.0 Å². The van der Waals surface area contributed by atoms with Crippen LogP contribution in [0.5, 0.6) is 0 Å². The van der Waals surface area contributed by atoms with Crippen molar-refractivity contribution in [2.45, 2.75) is 39.2 Å². The van der Waals surface area contributed by atoms with Gasteiger partial charge in [-0.1, -0.05) is 26.0 Å². The molecule has 0 fully saturated rings. The van der Waals surface area contributed by atoms with Gasteiger partial charge in [-0.3, -0.25) is 10.1 Å². The number of aryl methyl sites for hydroxylation is 1. The largest absolute Gasteiger partial charge is 0.388 e. The van der Waals surface area contributed by atoms with Crippen LogP contribution in [-0.2, 0) is 0 Å². The second-order valence-electron chi connectivity index (χ2n) is 4.51. The Hall–Kier alpha value is -1.62. The molecule has 0 spiro atoms. The summed E-state index contributed by atoms with van der Waals surface area (Å²) in [4.78, 5) is 10.6. The van der Waals surface area contributed by atoms with Gasteiger partial charge in [0.1, 0.15) is 5.69 Å². The van der Waals surface area contributed by atoms with Gasteiger partial charge in [-0.25, -0.2) is 0 Å². The van der Waals surface area contributed by atoms with E-state index in [4.69, 9.17) is 0 Å². The average Bonchev–Trinajstić information content (AvgIpc) is 2.35. The standard InChI is InChI=1S/C13H20N2O3/c1-4-13(16,5-2)9-14-11-8-6-7-10(3)12(11)15(17)18/h6-8,14,16H,4-5,9H2,1-3H3. The van der Waals surface area contributed by atoms with Crippen LogP contribution in [0.15, 0.2) is 18.2 Å². The first-order valence-electron chi connectivity index (χ1n) is 6.13. The maximum atomic E-state index is 11.0. The van der Waals surface area contributed by atoms with Crippen LogP contribution in [0.2, 0.25) is 0 Å². The van der Waals surface area contributed by atoms with Gasteiger partial charge in [-0.2, -0.15) is 0 Å². The normalized spacial score (nSPS) is 11.3. The summed E-state index contributed by atoms with van der Waals surface area (Å²) in [7, 11) is 0. The van der Waals surface area contributed by atoms with E-state index in [1.54, 1.807) is 25.1 Å².